The number of ether oxygens (including phenoxy) is 1. The first-order chi connectivity index (χ1) is 32.6. The summed E-state index contributed by atoms with van der Waals surface area (Å²) < 4.78 is 5.60. The van der Waals surface area contributed by atoms with E-state index >= 15 is 0 Å². The SMILES string of the molecule is C[C@H](CC(=O)C[C@H](C)C(=O)OC[C@@](C)(O)[C@@H](O)CC[C@@H](C)[C@H]1C[C@H](O)[C@@]2(C)C3=C(CC[C@]12C)[C@@]1(C)CCC(=O)C(C)(C)[C@@H]1CC3)[C@H]1C[C@@H](O)[C@@]2(C)C3=C(C(=O)C[C@]12C)[C@@]1(C)CCC(=O)C(C)(C)[C@@H]1CC3=O. The first-order valence-corrected chi connectivity index (χ1v) is 27.7. The summed E-state index contributed by atoms with van der Waals surface area (Å²) in [5, 5.41) is 46.9. The van der Waals surface area contributed by atoms with Crippen molar-refractivity contribution >= 4 is 34.9 Å². The van der Waals surface area contributed by atoms with Crippen LogP contribution in [0.15, 0.2) is 22.3 Å². The molecule has 4 fully saturated rings. The monoisotopic (exact) mass is 987 g/mol. The molecule has 17 atom stereocenters. The quantitative estimate of drug-likeness (QED) is 0.101. The van der Waals surface area contributed by atoms with Gasteiger partial charge in [0.25, 0.3) is 0 Å². The zero-order chi connectivity index (χ0) is 52.8. The average molecular weight is 987 g/mol. The van der Waals surface area contributed by atoms with E-state index in [1.54, 1.807) is 6.92 Å². The zero-order valence-electron chi connectivity index (χ0n) is 45.9. The van der Waals surface area contributed by atoms with E-state index in [1.165, 1.54) is 18.1 Å². The molecule has 0 saturated heterocycles. The van der Waals surface area contributed by atoms with E-state index in [0.29, 0.717) is 61.4 Å². The summed E-state index contributed by atoms with van der Waals surface area (Å²) in [6.45, 7) is 27.8. The van der Waals surface area contributed by atoms with Crippen LogP contribution in [0.3, 0.4) is 0 Å². The maximum absolute atomic E-state index is 14.5. The van der Waals surface area contributed by atoms with Gasteiger partial charge in [0.2, 0.25) is 0 Å². The van der Waals surface area contributed by atoms with Gasteiger partial charge in [-0.3, -0.25) is 28.8 Å². The molecule has 396 valence electrons. The molecule has 0 spiro atoms. The lowest BCUT2D eigenvalue weighted by molar-refractivity contribution is -0.163. The summed E-state index contributed by atoms with van der Waals surface area (Å²) in [6, 6.07) is 0. The molecule has 11 nitrogen and oxygen atoms in total. The fourth-order valence-electron chi connectivity index (χ4n) is 18.7. The number of allylic oxidation sites excluding steroid dienone is 2. The highest BCUT2D eigenvalue weighted by Crippen LogP contribution is 2.73. The minimum atomic E-state index is -1.74. The Morgan fingerprint density at radius 1 is 0.662 bits per heavy atom. The number of rotatable bonds is 13. The van der Waals surface area contributed by atoms with Gasteiger partial charge >= 0.3 is 5.97 Å². The highest BCUT2D eigenvalue weighted by Gasteiger charge is 2.71. The van der Waals surface area contributed by atoms with E-state index in [0.717, 1.165) is 32.1 Å². The van der Waals surface area contributed by atoms with Crippen LogP contribution in [0.4, 0.5) is 0 Å². The van der Waals surface area contributed by atoms with Crippen LogP contribution in [0.2, 0.25) is 0 Å². The lowest BCUT2D eigenvalue weighted by atomic mass is 9.42. The second kappa shape index (κ2) is 17.6. The van der Waals surface area contributed by atoms with Crippen LogP contribution in [0.1, 0.15) is 200 Å². The van der Waals surface area contributed by atoms with Gasteiger partial charge in [-0.05, 0) is 123 Å². The van der Waals surface area contributed by atoms with Crippen molar-refractivity contribution in [3.63, 3.8) is 0 Å². The summed E-state index contributed by atoms with van der Waals surface area (Å²) in [4.78, 5) is 82.0. The number of carbonyl (C=O) groups is 6. The van der Waals surface area contributed by atoms with Crippen molar-refractivity contribution in [2.75, 3.05) is 6.61 Å². The molecule has 0 aromatic rings. The molecule has 8 rings (SSSR count). The van der Waals surface area contributed by atoms with Crippen molar-refractivity contribution in [3.8, 4) is 0 Å². The average Bonchev–Trinajstić information content (AvgIpc) is 3.63. The van der Waals surface area contributed by atoms with Crippen LogP contribution < -0.4 is 0 Å². The molecule has 0 radical (unpaired) electrons. The molecular formula is C60H90O11. The third-order valence-corrected chi connectivity index (χ3v) is 23.8. The molecule has 0 aliphatic heterocycles. The molecule has 8 aliphatic carbocycles. The summed E-state index contributed by atoms with van der Waals surface area (Å²) in [6.07, 6.45) is 5.65. The van der Waals surface area contributed by atoms with Crippen LogP contribution in [0.25, 0.3) is 0 Å². The summed E-state index contributed by atoms with van der Waals surface area (Å²) in [7, 11) is 0. The molecule has 0 heterocycles. The predicted molar refractivity (Wildman–Crippen MR) is 270 cm³/mol. The molecular weight excluding hydrogens is 897 g/mol. The molecule has 4 saturated carbocycles. The number of Topliss-reactive ketones (excluding diaryl/α,β-unsaturated/α-hetero) is 5. The van der Waals surface area contributed by atoms with Crippen LogP contribution in [0, 0.1) is 84.7 Å². The van der Waals surface area contributed by atoms with E-state index in [1.807, 2.05) is 41.5 Å². The number of ketones is 5. The Labute approximate surface area is 424 Å². The van der Waals surface area contributed by atoms with Gasteiger partial charge in [-0.25, -0.2) is 0 Å². The maximum atomic E-state index is 14.5. The van der Waals surface area contributed by atoms with Crippen molar-refractivity contribution in [1.29, 1.82) is 0 Å². The number of aliphatic hydroxyl groups is 4. The van der Waals surface area contributed by atoms with E-state index in [-0.39, 0.29) is 106 Å². The van der Waals surface area contributed by atoms with E-state index in [4.69, 9.17) is 4.74 Å². The fraction of sp³-hybridized carbons (Fsp3) is 0.833. The topological polar surface area (TPSA) is 193 Å². The minimum Gasteiger partial charge on any atom is -0.462 e. The molecule has 8 aliphatic rings. The van der Waals surface area contributed by atoms with Gasteiger partial charge in [0.15, 0.2) is 11.6 Å². The normalized spacial score (nSPS) is 43.0. The third-order valence-electron chi connectivity index (χ3n) is 23.8. The molecule has 0 unspecified atom stereocenters. The third kappa shape index (κ3) is 7.72. The van der Waals surface area contributed by atoms with Crippen molar-refractivity contribution in [1.82, 2.24) is 0 Å². The van der Waals surface area contributed by atoms with Gasteiger partial charge < -0.3 is 25.2 Å². The van der Waals surface area contributed by atoms with Crippen molar-refractivity contribution in [2.45, 2.75) is 224 Å². The smallest absolute Gasteiger partial charge is 0.309 e. The molecule has 11 heteroatoms. The molecule has 0 bridgehead atoms. The zero-order valence-corrected chi connectivity index (χ0v) is 45.9. The van der Waals surface area contributed by atoms with E-state index < -0.39 is 64.1 Å². The Balaban J connectivity index is 0.853. The van der Waals surface area contributed by atoms with Crippen molar-refractivity contribution in [3.05, 3.63) is 22.3 Å². The second-order valence-corrected chi connectivity index (χ2v) is 28.0. The first-order valence-electron chi connectivity index (χ1n) is 27.7. The Bertz CT molecular complexity index is 2340. The maximum Gasteiger partial charge on any atom is 0.309 e. The van der Waals surface area contributed by atoms with E-state index in [2.05, 4.69) is 41.5 Å². The van der Waals surface area contributed by atoms with Gasteiger partial charge in [-0.1, -0.05) is 101 Å². The van der Waals surface area contributed by atoms with Gasteiger partial charge in [0.1, 0.15) is 29.6 Å². The van der Waals surface area contributed by atoms with Crippen LogP contribution in [-0.4, -0.2) is 85.8 Å². The second-order valence-electron chi connectivity index (χ2n) is 28.0. The lowest BCUT2D eigenvalue weighted by Crippen LogP contribution is -2.59. The Kier molecular flexibility index (Phi) is 13.5. The number of esters is 1. The van der Waals surface area contributed by atoms with E-state index in [9.17, 15) is 49.2 Å². The van der Waals surface area contributed by atoms with Gasteiger partial charge in [0.05, 0.1) is 24.2 Å². The Hall–Kier alpha value is -2.86. The number of fused-ring (bicyclic) bond motifs is 8. The standard InChI is InChI=1S/C60H90O11/c1-32(38-27-47(67)59(13)37-16-17-42-52(4,5)44(64)20-22-54(42,8)36(37)19-24-56(38,59)10)15-18-46(66)58(12,70)31-71-51(69)34(3)26-35(61)25-33(2)39-28-48(68)60(14)50-40(62)29-43-53(6,7)45(65)21-23-55(43,9)49(50)41(63)30-57(39,60)11/h32-34,38-39,42-43,46-48,66-68,70H,15-31H2,1-14H3/t32-,33-,34+,38-,39-,42+,43+,46+,47+,48-,54-,55+,56-,57-,58-,59-,60+/m1/s1. The number of hydrogen-bond acceptors (Lipinski definition) is 11. The van der Waals surface area contributed by atoms with Crippen molar-refractivity contribution in [2.24, 2.45) is 84.7 Å². The first kappa shape index (κ1) is 54.4. The Morgan fingerprint density at radius 3 is 1.85 bits per heavy atom. The minimum absolute atomic E-state index is 0.0461. The van der Waals surface area contributed by atoms with Crippen molar-refractivity contribution < 1.29 is 53.9 Å². The van der Waals surface area contributed by atoms with Crippen LogP contribution in [0.5, 0.6) is 0 Å². The highest BCUT2D eigenvalue weighted by atomic mass is 16.5. The molecule has 4 N–H and O–H groups in total. The summed E-state index contributed by atoms with van der Waals surface area (Å²) >= 11 is 0. The number of hydrogen-bond donors (Lipinski definition) is 4. The lowest BCUT2D eigenvalue weighted by Gasteiger charge is -2.61. The van der Waals surface area contributed by atoms with Crippen LogP contribution >= 0.6 is 0 Å². The highest BCUT2D eigenvalue weighted by molar-refractivity contribution is 6.12. The largest absolute Gasteiger partial charge is 0.462 e. The van der Waals surface area contributed by atoms with Gasteiger partial charge in [0, 0.05) is 76.7 Å². The van der Waals surface area contributed by atoms with Crippen LogP contribution in [-0.2, 0) is 33.5 Å². The fourth-order valence-corrected chi connectivity index (χ4v) is 18.7. The molecule has 0 aromatic carbocycles. The summed E-state index contributed by atoms with van der Waals surface area (Å²) in [5.74, 6) is -1.63. The number of aliphatic hydroxyl groups excluding tert-OH is 3. The number of carbonyl (C=O) groups excluding carboxylic acids is 6. The predicted octanol–water partition coefficient (Wildman–Crippen LogP) is 9.62. The summed E-state index contributed by atoms with van der Waals surface area (Å²) in [5.41, 5.74) is -2.06. The van der Waals surface area contributed by atoms with Gasteiger partial charge in [-0.15, -0.1) is 0 Å². The molecule has 71 heavy (non-hydrogen) atoms. The molecule has 0 amide bonds. The molecule has 0 aromatic heterocycles. The Morgan fingerprint density at radius 2 is 1.23 bits per heavy atom. The van der Waals surface area contributed by atoms with Gasteiger partial charge in [-0.2, -0.15) is 0 Å².